The van der Waals surface area contributed by atoms with E-state index in [1.54, 1.807) is 12.1 Å². The number of halogens is 1. The van der Waals surface area contributed by atoms with E-state index in [-0.39, 0.29) is 23.9 Å². The third-order valence-electron chi connectivity index (χ3n) is 3.77. The van der Waals surface area contributed by atoms with Crippen LogP contribution in [0.5, 0.6) is 5.75 Å². The van der Waals surface area contributed by atoms with Crippen molar-refractivity contribution in [3.63, 3.8) is 0 Å². The van der Waals surface area contributed by atoms with Crippen molar-refractivity contribution in [3.8, 4) is 5.75 Å². The fourth-order valence-electron chi connectivity index (χ4n) is 2.75. The Morgan fingerprint density at radius 2 is 2.11 bits per heavy atom. The fourth-order valence-corrected chi connectivity index (χ4v) is 2.75. The maximum atomic E-state index is 13.1. The monoisotopic (exact) mass is 252 g/mol. The zero-order valence-corrected chi connectivity index (χ0v) is 11.2. The largest absolute Gasteiger partial charge is 0.490 e. The molecule has 0 aromatic heterocycles. The lowest BCUT2D eigenvalue weighted by molar-refractivity contribution is 0.0633. The molecule has 0 saturated carbocycles. The van der Waals surface area contributed by atoms with Gasteiger partial charge >= 0.3 is 0 Å². The van der Waals surface area contributed by atoms with Crippen molar-refractivity contribution in [2.75, 3.05) is 0 Å². The van der Waals surface area contributed by atoms with E-state index in [0.29, 0.717) is 5.92 Å². The smallest absolute Gasteiger partial charge is 0.123 e. The van der Waals surface area contributed by atoms with E-state index in [1.807, 2.05) is 6.92 Å². The maximum absolute atomic E-state index is 13.1. The van der Waals surface area contributed by atoms with E-state index in [9.17, 15) is 9.50 Å². The first kappa shape index (κ1) is 13.3. The molecule has 3 heteroatoms. The molecule has 3 unspecified atom stereocenters. The Labute approximate surface area is 108 Å². The molecule has 0 bridgehead atoms. The minimum absolute atomic E-state index is 0.0591. The van der Waals surface area contributed by atoms with Gasteiger partial charge in [0.1, 0.15) is 17.7 Å². The molecule has 1 N–H and O–H groups in total. The molecule has 2 rings (SSSR count). The fraction of sp³-hybridized carbons (Fsp3) is 0.600. The van der Waals surface area contributed by atoms with Crippen molar-refractivity contribution in [2.24, 2.45) is 11.8 Å². The van der Waals surface area contributed by atoms with Crippen LogP contribution in [-0.2, 0) is 6.42 Å². The van der Waals surface area contributed by atoms with Gasteiger partial charge in [0.15, 0.2) is 0 Å². The first-order valence-electron chi connectivity index (χ1n) is 6.60. The molecule has 2 nitrogen and oxygen atoms in total. The average molecular weight is 252 g/mol. The minimum Gasteiger partial charge on any atom is -0.490 e. The Kier molecular flexibility index (Phi) is 3.91. The molecule has 1 aromatic carbocycles. The van der Waals surface area contributed by atoms with Gasteiger partial charge < -0.3 is 9.84 Å². The SMILES string of the molecule is CC(C)C(CC1Cc2cc(F)ccc2O1)C(C)O. The lowest BCUT2D eigenvalue weighted by atomic mass is 9.85. The van der Waals surface area contributed by atoms with E-state index in [2.05, 4.69) is 13.8 Å². The molecule has 0 aliphatic carbocycles. The number of hydrogen-bond donors (Lipinski definition) is 1. The van der Waals surface area contributed by atoms with Gasteiger partial charge in [-0.3, -0.25) is 0 Å². The van der Waals surface area contributed by atoms with Gasteiger partial charge in [-0.2, -0.15) is 0 Å². The Morgan fingerprint density at radius 3 is 2.72 bits per heavy atom. The van der Waals surface area contributed by atoms with E-state index in [4.69, 9.17) is 4.74 Å². The molecule has 1 aliphatic rings. The second-order valence-electron chi connectivity index (χ2n) is 5.58. The van der Waals surface area contributed by atoms with Gasteiger partial charge in [0.05, 0.1) is 6.10 Å². The number of ether oxygens (including phenoxy) is 1. The molecule has 100 valence electrons. The van der Waals surface area contributed by atoms with Crippen molar-refractivity contribution in [1.29, 1.82) is 0 Å². The highest BCUT2D eigenvalue weighted by Crippen LogP contribution is 2.33. The van der Waals surface area contributed by atoms with Crippen molar-refractivity contribution < 1.29 is 14.2 Å². The second kappa shape index (κ2) is 5.27. The molecule has 0 amide bonds. The predicted molar refractivity (Wildman–Crippen MR) is 69.1 cm³/mol. The number of benzene rings is 1. The van der Waals surface area contributed by atoms with Gasteiger partial charge in [-0.1, -0.05) is 13.8 Å². The van der Waals surface area contributed by atoms with Crippen LogP contribution in [0.25, 0.3) is 0 Å². The molecular weight excluding hydrogens is 231 g/mol. The van der Waals surface area contributed by atoms with E-state index in [0.717, 1.165) is 24.2 Å². The molecule has 1 heterocycles. The lowest BCUT2D eigenvalue weighted by Gasteiger charge is -2.26. The normalized spacial score (nSPS) is 21.6. The summed E-state index contributed by atoms with van der Waals surface area (Å²) in [6, 6.07) is 4.66. The Balaban J connectivity index is 2.02. The van der Waals surface area contributed by atoms with Crippen LogP contribution in [0.1, 0.15) is 32.8 Å². The summed E-state index contributed by atoms with van der Waals surface area (Å²) in [5.74, 6) is 1.20. The third-order valence-corrected chi connectivity index (χ3v) is 3.77. The van der Waals surface area contributed by atoms with Crippen LogP contribution < -0.4 is 4.74 Å². The zero-order valence-electron chi connectivity index (χ0n) is 11.2. The molecule has 3 atom stereocenters. The summed E-state index contributed by atoms with van der Waals surface area (Å²) >= 11 is 0. The molecule has 0 radical (unpaired) electrons. The van der Waals surface area contributed by atoms with Crippen molar-refractivity contribution in [2.45, 2.75) is 45.8 Å². The maximum Gasteiger partial charge on any atom is 0.123 e. The first-order chi connectivity index (χ1) is 8.47. The Hall–Kier alpha value is -1.09. The van der Waals surface area contributed by atoms with Crippen molar-refractivity contribution >= 4 is 0 Å². The summed E-state index contributed by atoms with van der Waals surface area (Å²) in [7, 11) is 0. The summed E-state index contributed by atoms with van der Waals surface area (Å²) < 4.78 is 18.9. The number of hydrogen-bond acceptors (Lipinski definition) is 2. The van der Waals surface area contributed by atoms with Crippen LogP contribution in [0.15, 0.2) is 18.2 Å². The number of aliphatic hydroxyl groups is 1. The van der Waals surface area contributed by atoms with Gasteiger partial charge in [0, 0.05) is 12.0 Å². The minimum atomic E-state index is -0.339. The van der Waals surface area contributed by atoms with E-state index >= 15 is 0 Å². The highest BCUT2D eigenvalue weighted by atomic mass is 19.1. The molecule has 0 spiro atoms. The quantitative estimate of drug-likeness (QED) is 0.892. The van der Waals surface area contributed by atoms with Gasteiger partial charge in [-0.25, -0.2) is 4.39 Å². The molecule has 1 aromatic rings. The van der Waals surface area contributed by atoms with Crippen LogP contribution >= 0.6 is 0 Å². The average Bonchev–Trinajstić information content (AvgIpc) is 2.66. The lowest BCUT2D eigenvalue weighted by Crippen LogP contribution is -2.29. The topological polar surface area (TPSA) is 29.5 Å². The number of aliphatic hydroxyl groups excluding tert-OH is 1. The standard InChI is InChI=1S/C15H21FO2/c1-9(2)14(10(3)17)8-13-7-11-6-12(16)4-5-15(11)18-13/h4-6,9-10,13-14,17H,7-8H2,1-3H3. The van der Waals surface area contributed by atoms with Crippen LogP contribution in [-0.4, -0.2) is 17.3 Å². The summed E-state index contributed by atoms with van der Waals surface area (Å²) in [4.78, 5) is 0. The molecule has 1 aliphatic heterocycles. The van der Waals surface area contributed by atoms with Crippen LogP contribution in [0.2, 0.25) is 0 Å². The summed E-state index contributed by atoms with van der Waals surface area (Å²) in [5, 5.41) is 9.79. The van der Waals surface area contributed by atoms with Gasteiger partial charge in [-0.15, -0.1) is 0 Å². The van der Waals surface area contributed by atoms with E-state index in [1.165, 1.54) is 6.07 Å². The second-order valence-corrected chi connectivity index (χ2v) is 5.58. The summed E-state index contributed by atoms with van der Waals surface area (Å²) in [5.41, 5.74) is 0.938. The zero-order chi connectivity index (χ0) is 13.3. The van der Waals surface area contributed by atoms with Gasteiger partial charge in [0.25, 0.3) is 0 Å². The summed E-state index contributed by atoms with van der Waals surface area (Å²) in [6.07, 6.45) is 1.27. The van der Waals surface area contributed by atoms with Crippen molar-refractivity contribution in [1.82, 2.24) is 0 Å². The van der Waals surface area contributed by atoms with Gasteiger partial charge in [-0.05, 0) is 43.4 Å². The molecule has 18 heavy (non-hydrogen) atoms. The number of fused-ring (bicyclic) bond motifs is 1. The Bertz CT molecular complexity index is 407. The molecular formula is C15H21FO2. The Morgan fingerprint density at radius 1 is 1.39 bits per heavy atom. The molecule has 0 fully saturated rings. The number of rotatable bonds is 4. The third kappa shape index (κ3) is 2.83. The molecule has 0 saturated heterocycles. The van der Waals surface area contributed by atoms with Crippen molar-refractivity contribution in [3.05, 3.63) is 29.6 Å². The first-order valence-corrected chi connectivity index (χ1v) is 6.60. The van der Waals surface area contributed by atoms with Crippen LogP contribution in [0.3, 0.4) is 0 Å². The highest BCUT2D eigenvalue weighted by molar-refractivity contribution is 5.37. The van der Waals surface area contributed by atoms with E-state index < -0.39 is 0 Å². The summed E-state index contributed by atoms with van der Waals surface area (Å²) in [6.45, 7) is 6.05. The van der Waals surface area contributed by atoms with Crippen LogP contribution in [0, 0.1) is 17.7 Å². The predicted octanol–water partition coefficient (Wildman–Crippen LogP) is 3.17. The van der Waals surface area contributed by atoms with Crippen LogP contribution in [0.4, 0.5) is 4.39 Å². The van der Waals surface area contributed by atoms with Gasteiger partial charge in [0.2, 0.25) is 0 Å². The highest BCUT2D eigenvalue weighted by Gasteiger charge is 2.29.